The zero-order valence-electron chi connectivity index (χ0n) is 10.3. The Bertz CT molecular complexity index is 636. The maximum Gasteiger partial charge on any atom is 0.573 e. The summed E-state index contributed by atoms with van der Waals surface area (Å²) in [5.41, 5.74) is -1.02. The number of hydrogen-bond acceptors (Lipinski definition) is 1. The highest BCUT2D eigenvalue weighted by atomic mass is 19.4. The van der Waals surface area contributed by atoms with Crippen molar-refractivity contribution in [3.05, 3.63) is 53.8 Å². The predicted octanol–water partition coefficient (Wildman–Crippen LogP) is 5.33. The van der Waals surface area contributed by atoms with Gasteiger partial charge in [0.1, 0.15) is 11.6 Å². The molecule has 2 aromatic carbocycles. The van der Waals surface area contributed by atoms with Gasteiger partial charge in [-0.05, 0) is 17.7 Å². The van der Waals surface area contributed by atoms with Gasteiger partial charge in [-0.1, -0.05) is 30.3 Å². The lowest BCUT2D eigenvalue weighted by molar-refractivity contribution is -0.274. The van der Waals surface area contributed by atoms with Crippen molar-refractivity contribution in [3.8, 4) is 16.9 Å². The molecule has 0 atom stereocenters. The molecule has 112 valence electrons. The summed E-state index contributed by atoms with van der Waals surface area (Å²) in [6, 6.07) is 7.81. The van der Waals surface area contributed by atoms with E-state index < -0.39 is 29.9 Å². The summed E-state index contributed by atoms with van der Waals surface area (Å²) in [6.07, 6.45) is -7.90. The van der Waals surface area contributed by atoms with E-state index in [9.17, 15) is 26.3 Å². The first-order valence-corrected chi connectivity index (χ1v) is 5.70. The van der Waals surface area contributed by atoms with Gasteiger partial charge in [-0.3, -0.25) is 0 Å². The van der Waals surface area contributed by atoms with Gasteiger partial charge < -0.3 is 4.74 Å². The van der Waals surface area contributed by atoms with Crippen molar-refractivity contribution in [1.29, 1.82) is 0 Å². The Balaban J connectivity index is 2.43. The van der Waals surface area contributed by atoms with Gasteiger partial charge in [0.2, 0.25) is 0 Å². The molecule has 0 bridgehead atoms. The number of alkyl halides is 5. The fourth-order valence-electron chi connectivity index (χ4n) is 1.80. The molecule has 0 amide bonds. The first-order valence-electron chi connectivity index (χ1n) is 5.70. The first kappa shape index (κ1) is 15.2. The highest BCUT2D eigenvalue weighted by Gasteiger charge is 2.31. The van der Waals surface area contributed by atoms with E-state index in [0.29, 0.717) is 0 Å². The van der Waals surface area contributed by atoms with Crippen molar-refractivity contribution in [1.82, 2.24) is 0 Å². The average Bonchev–Trinajstić information content (AvgIpc) is 2.36. The third-order valence-electron chi connectivity index (χ3n) is 2.64. The summed E-state index contributed by atoms with van der Waals surface area (Å²) in [6.45, 7) is 0. The number of benzene rings is 2. The van der Waals surface area contributed by atoms with Gasteiger partial charge in [0.05, 0.1) is 5.56 Å². The van der Waals surface area contributed by atoms with Crippen LogP contribution in [0.5, 0.6) is 5.75 Å². The highest BCUT2D eigenvalue weighted by Crippen LogP contribution is 2.32. The van der Waals surface area contributed by atoms with Crippen LogP contribution >= 0.6 is 0 Å². The third kappa shape index (κ3) is 3.68. The van der Waals surface area contributed by atoms with E-state index >= 15 is 0 Å². The lowest BCUT2D eigenvalue weighted by Crippen LogP contribution is -2.17. The van der Waals surface area contributed by atoms with Gasteiger partial charge in [0.15, 0.2) is 0 Å². The van der Waals surface area contributed by atoms with E-state index in [2.05, 4.69) is 4.74 Å². The fraction of sp³-hybridized carbons (Fsp3) is 0.143. The standard InChI is InChI=1S/C14H8F6O/c15-12-10(5-2-6-11(12)13(16)17)8-3-1-4-9(7-8)21-14(18,19)20/h1-7,13H. The van der Waals surface area contributed by atoms with Crippen LogP contribution in [0.2, 0.25) is 0 Å². The molecule has 0 aliphatic heterocycles. The number of halogens is 6. The molecule has 0 saturated heterocycles. The predicted molar refractivity (Wildman–Crippen MR) is 63.5 cm³/mol. The molecular weight excluding hydrogens is 298 g/mol. The Morgan fingerprint density at radius 3 is 2.24 bits per heavy atom. The monoisotopic (exact) mass is 306 g/mol. The van der Waals surface area contributed by atoms with Gasteiger partial charge in [-0.25, -0.2) is 13.2 Å². The molecule has 0 N–H and O–H groups in total. The lowest BCUT2D eigenvalue weighted by Gasteiger charge is -2.11. The summed E-state index contributed by atoms with van der Waals surface area (Å²) in [5, 5.41) is 0. The van der Waals surface area contributed by atoms with Crippen LogP contribution in [0.15, 0.2) is 42.5 Å². The SMILES string of the molecule is Fc1c(-c2cccc(OC(F)(F)F)c2)cccc1C(F)F. The molecule has 0 aliphatic carbocycles. The molecule has 0 aliphatic rings. The van der Waals surface area contributed by atoms with Gasteiger partial charge >= 0.3 is 6.36 Å². The Labute approximate surface area is 115 Å². The van der Waals surface area contributed by atoms with Crippen molar-refractivity contribution in [2.45, 2.75) is 12.8 Å². The maximum absolute atomic E-state index is 13.9. The molecule has 2 aromatic rings. The van der Waals surface area contributed by atoms with E-state index in [1.165, 1.54) is 24.3 Å². The van der Waals surface area contributed by atoms with Crippen LogP contribution < -0.4 is 4.74 Å². The van der Waals surface area contributed by atoms with Crippen molar-refractivity contribution in [2.75, 3.05) is 0 Å². The van der Waals surface area contributed by atoms with E-state index in [4.69, 9.17) is 0 Å². The Kier molecular flexibility index (Phi) is 4.11. The molecule has 0 radical (unpaired) electrons. The molecule has 7 heteroatoms. The molecule has 2 rings (SSSR count). The van der Waals surface area contributed by atoms with Crippen LogP contribution in [0.1, 0.15) is 12.0 Å². The Morgan fingerprint density at radius 2 is 1.62 bits per heavy atom. The highest BCUT2D eigenvalue weighted by molar-refractivity contribution is 5.66. The zero-order chi connectivity index (χ0) is 15.6. The molecule has 1 nitrogen and oxygen atoms in total. The van der Waals surface area contributed by atoms with E-state index in [0.717, 1.165) is 18.2 Å². The fourth-order valence-corrected chi connectivity index (χ4v) is 1.80. The summed E-state index contributed by atoms with van der Waals surface area (Å²) < 4.78 is 79.3. The van der Waals surface area contributed by atoms with Crippen LogP contribution in [-0.4, -0.2) is 6.36 Å². The number of hydrogen-bond donors (Lipinski definition) is 0. The maximum atomic E-state index is 13.9. The van der Waals surface area contributed by atoms with E-state index in [1.807, 2.05) is 0 Å². The third-order valence-corrected chi connectivity index (χ3v) is 2.64. The molecule has 0 heterocycles. The molecule has 0 aromatic heterocycles. The lowest BCUT2D eigenvalue weighted by atomic mass is 10.0. The summed E-state index contributed by atoms with van der Waals surface area (Å²) in [5.74, 6) is -1.72. The molecule has 0 saturated carbocycles. The number of rotatable bonds is 3. The van der Waals surface area contributed by atoms with Crippen LogP contribution in [-0.2, 0) is 0 Å². The Hall–Kier alpha value is -2.18. The average molecular weight is 306 g/mol. The molecule has 0 spiro atoms. The largest absolute Gasteiger partial charge is 0.573 e. The van der Waals surface area contributed by atoms with Gasteiger partial charge in [-0.15, -0.1) is 13.2 Å². The minimum Gasteiger partial charge on any atom is -0.406 e. The van der Waals surface area contributed by atoms with E-state index in [1.54, 1.807) is 0 Å². The summed E-state index contributed by atoms with van der Waals surface area (Å²) in [7, 11) is 0. The molecule has 0 unspecified atom stereocenters. The minimum atomic E-state index is -4.89. The minimum absolute atomic E-state index is 0.0109. The topological polar surface area (TPSA) is 9.23 Å². The second kappa shape index (κ2) is 5.67. The van der Waals surface area contributed by atoms with Crippen LogP contribution in [0.25, 0.3) is 11.1 Å². The van der Waals surface area contributed by atoms with Crippen molar-refractivity contribution >= 4 is 0 Å². The second-order valence-corrected chi connectivity index (χ2v) is 4.09. The summed E-state index contributed by atoms with van der Waals surface area (Å²) >= 11 is 0. The number of ether oxygens (including phenoxy) is 1. The van der Waals surface area contributed by atoms with Crippen LogP contribution in [0.4, 0.5) is 26.3 Å². The smallest absolute Gasteiger partial charge is 0.406 e. The second-order valence-electron chi connectivity index (χ2n) is 4.09. The van der Waals surface area contributed by atoms with Gasteiger partial charge in [0.25, 0.3) is 6.43 Å². The van der Waals surface area contributed by atoms with E-state index in [-0.39, 0.29) is 11.1 Å². The normalized spacial score (nSPS) is 11.8. The molecule has 21 heavy (non-hydrogen) atoms. The van der Waals surface area contributed by atoms with Crippen LogP contribution in [0, 0.1) is 5.82 Å². The van der Waals surface area contributed by atoms with Gasteiger partial charge in [-0.2, -0.15) is 0 Å². The van der Waals surface area contributed by atoms with Crippen molar-refractivity contribution < 1.29 is 31.1 Å². The zero-order valence-corrected chi connectivity index (χ0v) is 10.3. The van der Waals surface area contributed by atoms with Gasteiger partial charge in [0, 0.05) is 5.56 Å². The van der Waals surface area contributed by atoms with Crippen molar-refractivity contribution in [2.24, 2.45) is 0 Å². The van der Waals surface area contributed by atoms with Crippen molar-refractivity contribution in [3.63, 3.8) is 0 Å². The molecular formula is C14H8F6O. The summed E-state index contributed by atoms with van der Waals surface area (Å²) in [4.78, 5) is 0. The Morgan fingerprint density at radius 1 is 0.952 bits per heavy atom. The molecule has 0 fully saturated rings. The van der Waals surface area contributed by atoms with Crippen LogP contribution in [0.3, 0.4) is 0 Å². The first-order chi connectivity index (χ1) is 9.78. The quantitative estimate of drug-likeness (QED) is 0.696.